The Balaban J connectivity index is 2.21. The number of nitrogens with one attached hydrogen (secondary N) is 3. The van der Waals surface area contributed by atoms with Crippen molar-refractivity contribution in [2.45, 2.75) is 20.8 Å². The summed E-state index contributed by atoms with van der Waals surface area (Å²) in [6, 6.07) is 0. The Hall–Kier alpha value is -2.46. The lowest BCUT2D eigenvalue weighted by Crippen LogP contribution is -3.16. The van der Waals surface area contributed by atoms with Crippen molar-refractivity contribution >= 4 is 40.1 Å². The molecular weight excluding hydrogens is 374 g/mol. The van der Waals surface area contributed by atoms with Gasteiger partial charge in [0.15, 0.2) is 13.1 Å². The zero-order valence-corrected chi connectivity index (χ0v) is 16.4. The maximum absolute atomic E-state index is 12.4. The third-order valence-corrected chi connectivity index (χ3v) is 5.15. The van der Waals surface area contributed by atoms with Crippen LogP contribution in [0.25, 0.3) is 0 Å². The van der Waals surface area contributed by atoms with Crippen molar-refractivity contribution in [2.24, 2.45) is 0 Å². The summed E-state index contributed by atoms with van der Waals surface area (Å²) >= 11 is 0.983. The molecule has 1 saturated heterocycles. The molecule has 27 heavy (non-hydrogen) atoms. The van der Waals surface area contributed by atoms with Gasteiger partial charge in [0.05, 0.1) is 31.9 Å². The zero-order chi connectivity index (χ0) is 20.0. The molecule has 148 valence electrons. The van der Waals surface area contributed by atoms with Crippen molar-refractivity contribution in [3.8, 4) is 0 Å². The van der Waals surface area contributed by atoms with Gasteiger partial charge in [0.25, 0.3) is 11.8 Å². The van der Waals surface area contributed by atoms with Gasteiger partial charge >= 0.3 is 11.9 Å². The molecule has 1 aliphatic rings. The maximum Gasteiger partial charge on any atom is 0.348 e. The molecule has 1 atom stereocenters. The number of piperazine rings is 1. The number of ether oxygens (including phenoxy) is 2. The Morgan fingerprint density at radius 3 is 2.48 bits per heavy atom. The van der Waals surface area contributed by atoms with Gasteiger partial charge in [-0.05, 0) is 26.3 Å². The molecule has 1 aromatic heterocycles. The van der Waals surface area contributed by atoms with E-state index in [0.717, 1.165) is 16.2 Å². The van der Waals surface area contributed by atoms with Crippen LogP contribution >= 0.6 is 11.3 Å². The van der Waals surface area contributed by atoms with Gasteiger partial charge in [-0.25, -0.2) is 9.59 Å². The SMILES string of the molecule is CCOC(=O)c1sc(NC(=O)C[NH+]2CCNC(=O)C2)c(C(=O)OCC)c1C. The van der Waals surface area contributed by atoms with Gasteiger partial charge in [-0.15, -0.1) is 11.3 Å². The van der Waals surface area contributed by atoms with E-state index in [2.05, 4.69) is 10.6 Å². The maximum atomic E-state index is 12.4. The summed E-state index contributed by atoms with van der Waals surface area (Å²) in [6.45, 7) is 6.81. The van der Waals surface area contributed by atoms with Crippen LogP contribution in [0.1, 0.15) is 39.4 Å². The van der Waals surface area contributed by atoms with Crippen molar-refractivity contribution in [1.82, 2.24) is 5.32 Å². The summed E-state index contributed by atoms with van der Waals surface area (Å²) in [5.41, 5.74) is 0.571. The molecule has 0 spiro atoms. The molecule has 0 aromatic carbocycles. The molecule has 1 unspecified atom stereocenters. The highest BCUT2D eigenvalue weighted by molar-refractivity contribution is 7.18. The Morgan fingerprint density at radius 2 is 1.85 bits per heavy atom. The van der Waals surface area contributed by atoms with E-state index < -0.39 is 11.9 Å². The summed E-state index contributed by atoms with van der Waals surface area (Å²) in [5, 5.41) is 5.64. The fourth-order valence-corrected chi connectivity index (χ4v) is 3.85. The van der Waals surface area contributed by atoms with E-state index in [4.69, 9.17) is 9.47 Å². The topological polar surface area (TPSA) is 115 Å². The number of esters is 2. The highest BCUT2D eigenvalue weighted by Gasteiger charge is 2.28. The molecule has 9 nitrogen and oxygen atoms in total. The van der Waals surface area contributed by atoms with Crippen LogP contribution in [0.15, 0.2) is 0 Å². The smallest absolute Gasteiger partial charge is 0.348 e. The van der Waals surface area contributed by atoms with E-state index in [1.54, 1.807) is 20.8 Å². The van der Waals surface area contributed by atoms with Crippen LogP contribution in [0.2, 0.25) is 0 Å². The predicted octanol–water partition coefficient (Wildman–Crippen LogP) is -0.637. The Morgan fingerprint density at radius 1 is 1.19 bits per heavy atom. The molecule has 1 aromatic rings. The fraction of sp³-hybridized carbons (Fsp3) is 0.529. The Kier molecular flexibility index (Phi) is 7.31. The van der Waals surface area contributed by atoms with Crippen LogP contribution in [-0.4, -0.2) is 63.1 Å². The minimum Gasteiger partial charge on any atom is -0.462 e. The molecule has 2 amide bonds. The van der Waals surface area contributed by atoms with Crippen molar-refractivity contribution in [3.63, 3.8) is 0 Å². The van der Waals surface area contributed by atoms with Gasteiger partial charge in [-0.2, -0.15) is 0 Å². The molecule has 1 fully saturated rings. The average molecular weight is 398 g/mol. The lowest BCUT2D eigenvalue weighted by molar-refractivity contribution is -0.885. The molecule has 2 heterocycles. The molecule has 10 heteroatoms. The molecule has 2 rings (SSSR count). The third kappa shape index (κ3) is 5.27. The Labute approximate surface area is 161 Å². The number of hydrogen-bond acceptors (Lipinski definition) is 7. The number of carbonyl (C=O) groups excluding carboxylic acids is 4. The highest BCUT2D eigenvalue weighted by Crippen LogP contribution is 2.34. The average Bonchev–Trinajstić information content (AvgIpc) is 2.91. The van der Waals surface area contributed by atoms with Crippen molar-refractivity contribution in [1.29, 1.82) is 0 Å². The molecular formula is C17H24N3O6S+. The van der Waals surface area contributed by atoms with E-state index in [-0.39, 0.29) is 53.6 Å². The van der Waals surface area contributed by atoms with Crippen molar-refractivity contribution in [2.75, 3.05) is 44.7 Å². The quantitative estimate of drug-likeness (QED) is 0.527. The van der Waals surface area contributed by atoms with Crippen molar-refractivity contribution in [3.05, 3.63) is 16.0 Å². The van der Waals surface area contributed by atoms with E-state index in [0.29, 0.717) is 18.7 Å². The monoisotopic (exact) mass is 398 g/mol. The summed E-state index contributed by atoms with van der Waals surface area (Å²) in [6.07, 6.45) is 0. The van der Waals surface area contributed by atoms with Crippen LogP contribution in [0, 0.1) is 6.92 Å². The standard InChI is InChI=1S/C17H23N3O6S/c1-4-25-16(23)13-10(3)14(17(24)26-5-2)27-15(13)19-12(22)9-20-7-6-18-11(21)8-20/h4-9H2,1-3H3,(H,18,21)(H,19,22)/p+1. The molecule has 0 radical (unpaired) electrons. The van der Waals surface area contributed by atoms with E-state index in [1.165, 1.54) is 0 Å². The molecule has 0 bridgehead atoms. The lowest BCUT2D eigenvalue weighted by Gasteiger charge is -2.22. The van der Waals surface area contributed by atoms with Gasteiger partial charge in [-0.1, -0.05) is 0 Å². The highest BCUT2D eigenvalue weighted by atomic mass is 32.1. The van der Waals surface area contributed by atoms with Crippen LogP contribution in [-0.2, 0) is 19.1 Å². The minimum absolute atomic E-state index is 0.0847. The van der Waals surface area contributed by atoms with Gasteiger partial charge in [-0.3, -0.25) is 9.59 Å². The summed E-state index contributed by atoms with van der Waals surface area (Å²) < 4.78 is 10.1. The molecule has 0 aliphatic carbocycles. The number of amides is 2. The number of quaternary nitrogens is 1. The number of hydrogen-bond donors (Lipinski definition) is 3. The second-order valence-electron chi connectivity index (χ2n) is 5.95. The molecule has 3 N–H and O–H groups in total. The normalized spacial score (nSPS) is 16.4. The van der Waals surface area contributed by atoms with E-state index in [1.807, 2.05) is 0 Å². The first-order valence-electron chi connectivity index (χ1n) is 8.75. The largest absolute Gasteiger partial charge is 0.462 e. The van der Waals surface area contributed by atoms with Gasteiger partial charge in [0, 0.05) is 0 Å². The van der Waals surface area contributed by atoms with E-state index in [9.17, 15) is 19.2 Å². The van der Waals surface area contributed by atoms with E-state index >= 15 is 0 Å². The third-order valence-electron chi connectivity index (χ3n) is 3.96. The van der Waals surface area contributed by atoms with Gasteiger partial charge in [0.1, 0.15) is 9.88 Å². The number of carbonyl (C=O) groups is 4. The molecule has 1 aliphatic heterocycles. The first-order valence-corrected chi connectivity index (χ1v) is 9.56. The second-order valence-corrected chi connectivity index (χ2v) is 6.97. The number of anilines is 1. The Bertz CT molecular complexity index is 745. The van der Waals surface area contributed by atoms with Crippen LogP contribution < -0.4 is 15.5 Å². The first kappa shape index (κ1) is 20.8. The number of rotatable bonds is 7. The number of thiophene rings is 1. The van der Waals surface area contributed by atoms with Crippen molar-refractivity contribution < 1.29 is 33.6 Å². The second kappa shape index (κ2) is 9.47. The summed E-state index contributed by atoms with van der Waals surface area (Å²) in [5.74, 6) is -1.61. The first-order chi connectivity index (χ1) is 12.9. The van der Waals surface area contributed by atoms with Gasteiger partial charge in [0.2, 0.25) is 0 Å². The fourth-order valence-electron chi connectivity index (χ4n) is 2.75. The van der Waals surface area contributed by atoms with Gasteiger partial charge < -0.3 is 25.0 Å². The summed E-state index contributed by atoms with van der Waals surface area (Å²) in [7, 11) is 0. The minimum atomic E-state index is -0.609. The van der Waals surface area contributed by atoms with Crippen LogP contribution in [0.5, 0.6) is 0 Å². The van der Waals surface area contributed by atoms with Crippen LogP contribution in [0.4, 0.5) is 5.00 Å². The lowest BCUT2D eigenvalue weighted by atomic mass is 10.1. The van der Waals surface area contributed by atoms with Crippen LogP contribution in [0.3, 0.4) is 0 Å². The summed E-state index contributed by atoms with van der Waals surface area (Å²) in [4.78, 5) is 49.4. The predicted molar refractivity (Wildman–Crippen MR) is 98.2 cm³/mol. The molecule has 0 saturated carbocycles. The zero-order valence-electron chi connectivity index (χ0n) is 15.6.